The van der Waals surface area contributed by atoms with Crippen molar-refractivity contribution < 1.29 is 13.9 Å². The Hall–Kier alpha value is -1.82. The molecule has 0 aliphatic carbocycles. The summed E-state index contributed by atoms with van der Waals surface area (Å²) >= 11 is 0. The van der Waals surface area contributed by atoms with Gasteiger partial charge < -0.3 is 9.67 Å². The standard InChI is InChI=1S/C11H11F2N3O/c1-6-3-4-7(12)9(10(6)13)11-15-14-8(5-17)16(11)2/h3-4,17H,5H2,1-2H3. The molecular formula is C11H11F2N3O. The third-order valence-electron chi connectivity index (χ3n) is 2.61. The van der Waals surface area contributed by atoms with Crippen LogP contribution in [0.2, 0.25) is 0 Å². The first-order valence-electron chi connectivity index (χ1n) is 5.00. The van der Waals surface area contributed by atoms with E-state index < -0.39 is 11.6 Å². The van der Waals surface area contributed by atoms with Crippen molar-refractivity contribution in [3.8, 4) is 11.4 Å². The minimum Gasteiger partial charge on any atom is -0.388 e. The molecule has 0 aliphatic rings. The fourth-order valence-electron chi connectivity index (χ4n) is 1.58. The fourth-order valence-corrected chi connectivity index (χ4v) is 1.58. The Morgan fingerprint density at radius 1 is 1.29 bits per heavy atom. The summed E-state index contributed by atoms with van der Waals surface area (Å²) < 4.78 is 28.8. The van der Waals surface area contributed by atoms with Gasteiger partial charge in [0.25, 0.3) is 0 Å². The molecule has 0 radical (unpaired) electrons. The highest BCUT2D eigenvalue weighted by Gasteiger charge is 2.19. The van der Waals surface area contributed by atoms with Crippen LogP contribution in [0.5, 0.6) is 0 Å². The maximum Gasteiger partial charge on any atom is 0.169 e. The zero-order chi connectivity index (χ0) is 12.6. The number of nitrogens with zero attached hydrogens (tertiary/aromatic N) is 3. The van der Waals surface area contributed by atoms with E-state index in [1.807, 2.05) is 0 Å². The van der Waals surface area contributed by atoms with Crippen LogP contribution in [0.15, 0.2) is 12.1 Å². The number of aromatic nitrogens is 3. The second-order valence-electron chi connectivity index (χ2n) is 3.71. The molecule has 0 aliphatic heterocycles. The van der Waals surface area contributed by atoms with Gasteiger partial charge in [0.15, 0.2) is 11.6 Å². The van der Waals surface area contributed by atoms with Crippen LogP contribution in [0.1, 0.15) is 11.4 Å². The second-order valence-corrected chi connectivity index (χ2v) is 3.71. The maximum absolute atomic E-state index is 13.9. The van der Waals surface area contributed by atoms with Crippen molar-refractivity contribution in [3.05, 3.63) is 35.2 Å². The molecule has 1 aromatic heterocycles. The van der Waals surface area contributed by atoms with Gasteiger partial charge in [0, 0.05) is 7.05 Å². The van der Waals surface area contributed by atoms with Gasteiger partial charge in [-0.1, -0.05) is 6.07 Å². The van der Waals surface area contributed by atoms with Gasteiger partial charge in [0.2, 0.25) is 0 Å². The molecule has 90 valence electrons. The first-order chi connectivity index (χ1) is 8.06. The normalized spacial score (nSPS) is 10.9. The summed E-state index contributed by atoms with van der Waals surface area (Å²) in [5.74, 6) is -1.05. The molecule has 17 heavy (non-hydrogen) atoms. The lowest BCUT2D eigenvalue weighted by molar-refractivity contribution is 0.267. The number of aryl methyl sites for hydroxylation is 1. The molecule has 1 aromatic carbocycles. The lowest BCUT2D eigenvalue weighted by Gasteiger charge is -2.07. The largest absolute Gasteiger partial charge is 0.388 e. The van der Waals surface area contributed by atoms with Crippen LogP contribution in [0.25, 0.3) is 11.4 Å². The van der Waals surface area contributed by atoms with Crippen LogP contribution < -0.4 is 0 Å². The molecule has 2 rings (SSSR count). The average Bonchev–Trinajstić information content (AvgIpc) is 2.66. The Morgan fingerprint density at radius 3 is 2.59 bits per heavy atom. The average molecular weight is 239 g/mol. The molecule has 0 atom stereocenters. The van der Waals surface area contributed by atoms with Crippen LogP contribution in [0.3, 0.4) is 0 Å². The van der Waals surface area contributed by atoms with Crippen LogP contribution >= 0.6 is 0 Å². The second kappa shape index (κ2) is 4.21. The van der Waals surface area contributed by atoms with Crippen molar-refractivity contribution in [1.82, 2.24) is 14.8 Å². The maximum atomic E-state index is 13.9. The third-order valence-corrected chi connectivity index (χ3v) is 2.61. The van der Waals surface area contributed by atoms with Gasteiger partial charge in [-0.3, -0.25) is 0 Å². The number of rotatable bonds is 2. The van der Waals surface area contributed by atoms with E-state index in [9.17, 15) is 8.78 Å². The first kappa shape index (κ1) is 11.7. The number of aliphatic hydroxyl groups is 1. The molecular weight excluding hydrogens is 228 g/mol. The number of hydrogen-bond acceptors (Lipinski definition) is 3. The van der Waals surface area contributed by atoms with Gasteiger partial charge in [-0.05, 0) is 18.6 Å². The minimum absolute atomic E-state index is 0.0627. The van der Waals surface area contributed by atoms with E-state index in [4.69, 9.17) is 5.11 Å². The molecule has 2 aromatic rings. The highest BCUT2D eigenvalue weighted by Crippen LogP contribution is 2.26. The van der Waals surface area contributed by atoms with E-state index in [2.05, 4.69) is 10.2 Å². The topological polar surface area (TPSA) is 50.9 Å². The molecule has 0 saturated heterocycles. The van der Waals surface area contributed by atoms with Gasteiger partial charge in [-0.2, -0.15) is 0 Å². The smallest absolute Gasteiger partial charge is 0.169 e. The summed E-state index contributed by atoms with van der Waals surface area (Å²) in [6.07, 6.45) is 0. The summed E-state index contributed by atoms with van der Waals surface area (Å²) in [6, 6.07) is 2.54. The van der Waals surface area contributed by atoms with Gasteiger partial charge in [-0.15, -0.1) is 10.2 Å². The zero-order valence-corrected chi connectivity index (χ0v) is 9.41. The van der Waals surface area contributed by atoms with Crippen LogP contribution in [-0.4, -0.2) is 19.9 Å². The predicted octanol–water partition coefficient (Wildman–Crippen LogP) is 1.56. The Bertz CT molecular complexity index is 566. The summed E-state index contributed by atoms with van der Waals surface area (Å²) in [5, 5.41) is 16.3. The third kappa shape index (κ3) is 1.80. The van der Waals surface area contributed by atoms with Crippen molar-refractivity contribution in [3.63, 3.8) is 0 Å². The van der Waals surface area contributed by atoms with Gasteiger partial charge in [-0.25, -0.2) is 8.78 Å². The lowest BCUT2D eigenvalue weighted by Crippen LogP contribution is -2.02. The quantitative estimate of drug-likeness (QED) is 0.865. The number of aliphatic hydroxyl groups excluding tert-OH is 1. The van der Waals surface area contributed by atoms with E-state index in [0.29, 0.717) is 5.56 Å². The number of halogens is 2. The van der Waals surface area contributed by atoms with Crippen LogP contribution in [-0.2, 0) is 13.7 Å². The van der Waals surface area contributed by atoms with Gasteiger partial charge in [0.05, 0.1) is 5.56 Å². The minimum atomic E-state index is -0.701. The lowest BCUT2D eigenvalue weighted by atomic mass is 10.1. The van der Waals surface area contributed by atoms with Crippen molar-refractivity contribution in [1.29, 1.82) is 0 Å². The summed E-state index contributed by atoms with van der Waals surface area (Å²) in [5.41, 5.74) is 0.106. The van der Waals surface area contributed by atoms with Crippen molar-refractivity contribution in [2.24, 2.45) is 7.05 Å². The monoisotopic (exact) mass is 239 g/mol. The molecule has 0 bridgehead atoms. The molecule has 1 heterocycles. The summed E-state index contributed by atoms with van der Waals surface area (Å²) in [7, 11) is 1.54. The molecule has 1 N–H and O–H groups in total. The highest BCUT2D eigenvalue weighted by atomic mass is 19.1. The first-order valence-corrected chi connectivity index (χ1v) is 5.00. The van der Waals surface area contributed by atoms with E-state index in [0.717, 1.165) is 0 Å². The number of benzene rings is 1. The van der Waals surface area contributed by atoms with Crippen LogP contribution in [0.4, 0.5) is 8.78 Å². The Labute approximate surface area is 96.5 Å². The molecule has 0 spiro atoms. The van der Waals surface area contributed by atoms with E-state index in [1.54, 1.807) is 14.0 Å². The number of hydrogen-bond donors (Lipinski definition) is 1. The Balaban J connectivity index is 2.68. The highest BCUT2D eigenvalue weighted by molar-refractivity contribution is 5.58. The summed E-state index contributed by atoms with van der Waals surface area (Å²) in [6.45, 7) is 1.21. The Kier molecular flexibility index (Phi) is 2.89. The van der Waals surface area contributed by atoms with Crippen molar-refractivity contribution in [2.75, 3.05) is 0 Å². The van der Waals surface area contributed by atoms with E-state index >= 15 is 0 Å². The molecule has 0 saturated carbocycles. The van der Waals surface area contributed by atoms with Crippen molar-refractivity contribution in [2.45, 2.75) is 13.5 Å². The molecule has 0 fully saturated rings. The van der Waals surface area contributed by atoms with E-state index in [1.165, 1.54) is 16.7 Å². The predicted molar refractivity (Wildman–Crippen MR) is 57.0 cm³/mol. The zero-order valence-electron chi connectivity index (χ0n) is 9.41. The molecule has 0 unspecified atom stereocenters. The van der Waals surface area contributed by atoms with Crippen LogP contribution in [0, 0.1) is 18.6 Å². The molecule has 0 amide bonds. The summed E-state index contributed by atoms with van der Waals surface area (Å²) in [4.78, 5) is 0. The Morgan fingerprint density at radius 2 is 2.00 bits per heavy atom. The molecule has 6 heteroatoms. The molecule has 4 nitrogen and oxygen atoms in total. The van der Waals surface area contributed by atoms with Gasteiger partial charge in [0.1, 0.15) is 18.2 Å². The SMILES string of the molecule is Cc1ccc(F)c(-c2nnc(CO)n2C)c1F. The van der Waals surface area contributed by atoms with Crippen molar-refractivity contribution >= 4 is 0 Å². The fraction of sp³-hybridized carbons (Fsp3) is 0.273. The van der Waals surface area contributed by atoms with Gasteiger partial charge >= 0.3 is 0 Å². The van der Waals surface area contributed by atoms with E-state index in [-0.39, 0.29) is 23.8 Å².